The van der Waals surface area contributed by atoms with E-state index < -0.39 is 11.5 Å². The molecule has 2 aromatic rings. The average Bonchev–Trinajstić information content (AvgIpc) is 2.86. The van der Waals surface area contributed by atoms with Crippen molar-refractivity contribution in [2.45, 2.75) is 0 Å². The molecule has 0 bridgehead atoms. The van der Waals surface area contributed by atoms with Crippen LogP contribution in [0.2, 0.25) is 10.0 Å². The van der Waals surface area contributed by atoms with Crippen LogP contribution in [0.5, 0.6) is 0 Å². The molecule has 0 spiro atoms. The second-order valence-corrected chi connectivity index (χ2v) is 4.64. The number of carbonyl (C=O) groups is 1. The first kappa shape index (κ1) is 14.2. The first-order valence-electron chi connectivity index (χ1n) is 5.41. The number of rotatable bonds is 3. The Morgan fingerprint density at radius 2 is 2.05 bits per heavy atom. The van der Waals surface area contributed by atoms with E-state index in [4.69, 9.17) is 38.0 Å². The summed E-state index contributed by atoms with van der Waals surface area (Å²) < 4.78 is 5.45. The van der Waals surface area contributed by atoms with Crippen molar-refractivity contribution in [1.82, 2.24) is 0 Å². The number of hydrogen-bond donors (Lipinski definition) is 1. The fraction of sp³-hybridized carbons (Fsp3) is 0. The van der Waals surface area contributed by atoms with Gasteiger partial charge in [0.2, 0.25) is 0 Å². The maximum Gasteiger partial charge on any atom is 0.346 e. The SMILES string of the molecule is N#CC(=Cc1ccc(-c2cc(Cl)ccc2Cl)o1)C(=O)O. The minimum Gasteiger partial charge on any atom is -0.477 e. The highest BCUT2D eigenvalue weighted by Gasteiger charge is 2.11. The molecule has 0 aliphatic rings. The van der Waals surface area contributed by atoms with E-state index in [0.29, 0.717) is 21.4 Å². The molecule has 0 atom stereocenters. The molecular formula is C14H7Cl2NO3. The van der Waals surface area contributed by atoms with Crippen LogP contribution in [0.15, 0.2) is 40.3 Å². The minimum absolute atomic E-state index is 0.245. The Labute approximate surface area is 124 Å². The zero-order valence-electron chi connectivity index (χ0n) is 9.93. The third-order valence-corrected chi connectivity index (χ3v) is 3.02. The number of furan rings is 1. The molecule has 0 fully saturated rings. The summed E-state index contributed by atoms with van der Waals surface area (Å²) >= 11 is 11.9. The Balaban J connectivity index is 2.42. The van der Waals surface area contributed by atoms with Gasteiger partial charge in [-0.15, -0.1) is 0 Å². The number of nitrogens with zero attached hydrogens (tertiary/aromatic N) is 1. The van der Waals surface area contributed by atoms with Gasteiger partial charge in [-0.3, -0.25) is 0 Å². The largest absolute Gasteiger partial charge is 0.477 e. The molecule has 0 radical (unpaired) electrons. The number of halogens is 2. The van der Waals surface area contributed by atoms with Crippen molar-refractivity contribution in [1.29, 1.82) is 5.26 Å². The predicted molar refractivity (Wildman–Crippen MR) is 75.4 cm³/mol. The summed E-state index contributed by atoms with van der Waals surface area (Å²) in [6, 6.07) is 9.67. The Morgan fingerprint density at radius 1 is 1.30 bits per heavy atom. The Kier molecular flexibility index (Phi) is 4.14. The molecule has 0 saturated carbocycles. The van der Waals surface area contributed by atoms with Crippen molar-refractivity contribution in [3.05, 3.63) is 51.7 Å². The van der Waals surface area contributed by atoms with Crippen LogP contribution in [0.1, 0.15) is 5.76 Å². The van der Waals surface area contributed by atoms with Gasteiger partial charge in [0.15, 0.2) is 0 Å². The third kappa shape index (κ3) is 3.02. The van der Waals surface area contributed by atoms with Crippen LogP contribution in [0, 0.1) is 11.3 Å². The smallest absolute Gasteiger partial charge is 0.346 e. The molecule has 1 heterocycles. The van der Waals surface area contributed by atoms with Crippen LogP contribution in [-0.4, -0.2) is 11.1 Å². The summed E-state index contributed by atoms with van der Waals surface area (Å²) in [6.45, 7) is 0. The molecular weight excluding hydrogens is 301 g/mol. The molecule has 1 N–H and O–H groups in total. The summed E-state index contributed by atoms with van der Waals surface area (Å²) in [5, 5.41) is 18.4. The second-order valence-electron chi connectivity index (χ2n) is 3.80. The first-order valence-corrected chi connectivity index (χ1v) is 6.17. The summed E-state index contributed by atoms with van der Waals surface area (Å²) in [4.78, 5) is 10.7. The van der Waals surface area contributed by atoms with E-state index >= 15 is 0 Å². The van der Waals surface area contributed by atoms with E-state index in [1.54, 1.807) is 36.4 Å². The van der Waals surface area contributed by atoms with Gasteiger partial charge in [0.1, 0.15) is 23.2 Å². The van der Waals surface area contributed by atoms with Crippen LogP contribution in [-0.2, 0) is 4.79 Å². The van der Waals surface area contributed by atoms with Gasteiger partial charge in [-0.1, -0.05) is 23.2 Å². The van der Waals surface area contributed by atoms with Gasteiger partial charge >= 0.3 is 5.97 Å². The quantitative estimate of drug-likeness (QED) is 0.679. The zero-order valence-corrected chi connectivity index (χ0v) is 11.4. The van der Waals surface area contributed by atoms with Gasteiger partial charge in [0.05, 0.1) is 5.02 Å². The van der Waals surface area contributed by atoms with Crippen LogP contribution in [0.4, 0.5) is 0 Å². The minimum atomic E-state index is -1.31. The number of hydrogen-bond acceptors (Lipinski definition) is 3. The number of benzene rings is 1. The molecule has 20 heavy (non-hydrogen) atoms. The van der Waals surface area contributed by atoms with E-state index in [9.17, 15) is 4.79 Å². The molecule has 1 aromatic heterocycles. The normalized spacial score (nSPS) is 11.2. The Bertz CT molecular complexity index is 741. The molecule has 0 amide bonds. The topological polar surface area (TPSA) is 74.2 Å². The first-order chi connectivity index (χ1) is 9.51. The summed E-state index contributed by atoms with van der Waals surface area (Å²) in [6.07, 6.45) is 1.14. The Hall–Kier alpha value is -2.22. The van der Waals surface area contributed by atoms with E-state index in [-0.39, 0.29) is 5.76 Å². The maximum atomic E-state index is 10.7. The zero-order chi connectivity index (χ0) is 14.7. The molecule has 2 rings (SSSR count). The maximum absolute atomic E-state index is 10.7. The molecule has 6 heteroatoms. The number of carboxylic acids is 1. The molecule has 1 aromatic carbocycles. The average molecular weight is 308 g/mol. The molecule has 0 aliphatic heterocycles. The van der Waals surface area contributed by atoms with Crippen LogP contribution in [0.25, 0.3) is 17.4 Å². The monoisotopic (exact) mass is 307 g/mol. The summed E-state index contributed by atoms with van der Waals surface area (Å²) in [5.74, 6) is -0.632. The van der Waals surface area contributed by atoms with E-state index in [2.05, 4.69) is 0 Å². The number of nitriles is 1. The number of aliphatic carboxylic acids is 1. The molecule has 4 nitrogen and oxygen atoms in total. The van der Waals surface area contributed by atoms with Crippen molar-refractivity contribution >= 4 is 35.2 Å². The summed E-state index contributed by atoms with van der Waals surface area (Å²) in [7, 11) is 0. The molecule has 0 unspecified atom stereocenters. The standard InChI is InChI=1S/C14H7Cl2NO3/c15-9-1-3-12(16)11(6-9)13-4-2-10(20-13)5-8(7-17)14(18)19/h1-6H,(H,18,19). The predicted octanol–water partition coefficient (Wildman–Crippen LogP) is 4.24. The lowest BCUT2D eigenvalue weighted by Crippen LogP contribution is -1.96. The van der Waals surface area contributed by atoms with E-state index in [1.165, 1.54) is 0 Å². The molecule has 0 saturated heterocycles. The summed E-state index contributed by atoms with van der Waals surface area (Å²) in [5.41, 5.74) is 0.177. The van der Waals surface area contributed by atoms with E-state index in [1.807, 2.05) is 0 Å². The van der Waals surface area contributed by atoms with Gasteiger partial charge in [0, 0.05) is 16.7 Å². The molecule has 0 aliphatic carbocycles. The van der Waals surface area contributed by atoms with Crippen molar-refractivity contribution in [3.8, 4) is 17.4 Å². The second kappa shape index (κ2) is 5.83. The van der Waals surface area contributed by atoms with Crippen molar-refractivity contribution < 1.29 is 14.3 Å². The highest BCUT2D eigenvalue weighted by Crippen LogP contribution is 2.32. The lowest BCUT2D eigenvalue weighted by molar-refractivity contribution is -0.132. The van der Waals surface area contributed by atoms with Gasteiger partial charge < -0.3 is 9.52 Å². The number of carboxylic acid groups (broad SMARTS) is 1. The lowest BCUT2D eigenvalue weighted by Gasteiger charge is -2.01. The van der Waals surface area contributed by atoms with E-state index in [0.717, 1.165) is 6.08 Å². The van der Waals surface area contributed by atoms with Crippen LogP contribution < -0.4 is 0 Å². The van der Waals surface area contributed by atoms with Gasteiger partial charge in [-0.25, -0.2) is 4.79 Å². The van der Waals surface area contributed by atoms with Crippen LogP contribution >= 0.6 is 23.2 Å². The van der Waals surface area contributed by atoms with Gasteiger partial charge in [-0.2, -0.15) is 5.26 Å². The molecule has 100 valence electrons. The van der Waals surface area contributed by atoms with Crippen LogP contribution in [0.3, 0.4) is 0 Å². The van der Waals surface area contributed by atoms with Crippen molar-refractivity contribution in [2.24, 2.45) is 0 Å². The van der Waals surface area contributed by atoms with Crippen molar-refractivity contribution in [2.75, 3.05) is 0 Å². The Morgan fingerprint density at radius 3 is 2.70 bits per heavy atom. The third-order valence-electron chi connectivity index (χ3n) is 2.46. The highest BCUT2D eigenvalue weighted by molar-refractivity contribution is 6.35. The van der Waals surface area contributed by atoms with Crippen molar-refractivity contribution in [3.63, 3.8) is 0 Å². The van der Waals surface area contributed by atoms with Gasteiger partial charge in [0.25, 0.3) is 0 Å². The fourth-order valence-electron chi connectivity index (χ4n) is 1.55. The van der Waals surface area contributed by atoms with Gasteiger partial charge in [-0.05, 0) is 30.3 Å². The highest BCUT2D eigenvalue weighted by atomic mass is 35.5. The lowest BCUT2D eigenvalue weighted by atomic mass is 10.2. The fourth-order valence-corrected chi connectivity index (χ4v) is 1.93.